The number of carbonyl (C=O) groups excluding carboxylic acids is 1. The highest BCUT2D eigenvalue weighted by Gasteiger charge is 1.96. The predicted molar refractivity (Wildman–Crippen MR) is 43.9 cm³/mol. The fourth-order valence-electron chi connectivity index (χ4n) is 0.717. The van der Waals surface area contributed by atoms with Crippen LogP contribution in [0.2, 0.25) is 0 Å². The smallest absolute Gasteiger partial charge is 0.152 e. The van der Waals surface area contributed by atoms with Gasteiger partial charge in [0.15, 0.2) is 5.78 Å². The van der Waals surface area contributed by atoms with Gasteiger partial charge in [0.1, 0.15) is 5.82 Å². The lowest BCUT2D eigenvalue weighted by Gasteiger charge is -1.92. The SMILES string of the molecule is CC(=O)/C=C/c1ncccc1F. The molecule has 0 aliphatic rings. The van der Waals surface area contributed by atoms with Crippen LogP contribution in [0.3, 0.4) is 0 Å². The maximum atomic E-state index is 12.8. The summed E-state index contributed by atoms with van der Waals surface area (Å²) < 4.78 is 12.8. The Bertz CT molecular complexity index is 320. The largest absolute Gasteiger partial charge is 0.295 e. The lowest BCUT2D eigenvalue weighted by molar-refractivity contribution is -0.112. The van der Waals surface area contributed by atoms with Crippen LogP contribution in [0.5, 0.6) is 0 Å². The Morgan fingerprint density at radius 2 is 2.42 bits per heavy atom. The number of nitrogens with zero attached hydrogens (tertiary/aromatic N) is 1. The van der Waals surface area contributed by atoms with E-state index in [1.807, 2.05) is 0 Å². The Balaban J connectivity index is 2.89. The van der Waals surface area contributed by atoms with E-state index in [1.54, 1.807) is 0 Å². The van der Waals surface area contributed by atoms with Gasteiger partial charge in [-0.3, -0.25) is 9.78 Å². The summed E-state index contributed by atoms with van der Waals surface area (Å²) in [6, 6.07) is 2.80. The monoisotopic (exact) mass is 165 g/mol. The van der Waals surface area contributed by atoms with Crippen molar-refractivity contribution in [3.63, 3.8) is 0 Å². The van der Waals surface area contributed by atoms with Crippen molar-refractivity contribution in [2.45, 2.75) is 6.92 Å². The first-order chi connectivity index (χ1) is 5.70. The molecule has 0 saturated carbocycles. The Hall–Kier alpha value is -1.51. The van der Waals surface area contributed by atoms with Gasteiger partial charge in [-0.25, -0.2) is 4.39 Å². The molecule has 0 atom stereocenters. The fourth-order valence-corrected chi connectivity index (χ4v) is 0.717. The second-order valence-electron chi connectivity index (χ2n) is 2.31. The van der Waals surface area contributed by atoms with Crippen molar-refractivity contribution in [3.05, 3.63) is 35.9 Å². The zero-order valence-electron chi connectivity index (χ0n) is 6.62. The van der Waals surface area contributed by atoms with Crippen molar-refractivity contribution in [3.8, 4) is 0 Å². The molecule has 2 nitrogen and oxygen atoms in total. The molecule has 0 N–H and O–H groups in total. The summed E-state index contributed by atoms with van der Waals surface area (Å²) in [6.07, 6.45) is 4.12. The molecular formula is C9H8FNO. The normalized spacial score (nSPS) is 10.5. The molecule has 0 aliphatic carbocycles. The predicted octanol–water partition coefficient (Wildman–Crippen LogP) is 1.82. The fraction of sp³-hybridized carbons (Fsp3) is 0.111. The molecule has 1 heterocycles. The molecule has 0 aliphatic heterocycles. The Kier molecular flexibility index (Phi) is 2.69. The van der Waals surface area contributed by atoms with Crippen LogP contribution in [0.15, 0.2) is 24.4 Å². The zero-order valence-corrected chi connectivity index (χ0v) is 6.62. The van der Waals surface area contributed by atoms with E-state index in [0.29, 0.717) is 0 Å². The quantitative estimate of drug-likeness (QED) is 0.625. The van der Waals surface area contributed by atoms with Gasteiger partial charge in [-0.15, -0.1) is 0 Å². The zero-order chi connectivity index (χ0) is 8.97. The molecule has 0 unspecified atom stereocenters. The van der Waals surface area contributed by atoms with Crippen molar-refractivity contribution in [1.82, 2.24) is 4.98 Å². The average molecular weight is 165 g/mol. The summed E-state index contributed by atoms with van der Waals surface area (Å²) in [4.78, 5) is 14.2. The Labute approximate surface area is 69.7 Å². The number of ketones is 1. The molecule has 62 valence electrons. The highest BCUT2D eigenvalue weighted by atomic mass is 19.1. The van der Waals surface area contributed by atoms with Gasteiger partial charge >= 0.3 is 0 Å². The summed E-state index contributed by atoms with van der Waals surface area (Å²) in [5, 5.41) is 0. The van der Waals surface area contributed by atoms with E-state index in [1.165, 1.54) is 37.4 Å². The third-order valence-corrected chi connectivity index (χ3v) is 1.26. The molecule has 0 fully saturated rings. The maximum Gasteiger partial charge on any atom is 0.152 e. The molecule has 0 aromatic carbocycles. The van der Waals surface area contributed by atoms with Gasteiger partial charge in [-0.05, 0) is 31.2 Å². The first-order valence-electron chi connectivity index (χ1n) is 3.49. The average Bonchev–Trinajstić information content (AvgIpc) is 2.03. The van der Waals surface area contributed by atoms with Gasteiger partial charge in [0.25, 0.3) is 0 Å². The molecule has 0 radical (unpaired) electrons. The van der Waals surface area contributed by atoms with Crippen molar-refractivity contribution in [1.29, 1.82) is 0 Å². The van der Waals surface area contributed by atoms with E-state index in [0.717, 1.165) is 0 Å². The van der Waals surface area contributed by atoms with E-state index in [9.17, 15) is 9.18 Å². The van der Waals surface area contributed by atoms with E-state index < -0.39 is 5.82 Å². The lowest BCUT2D eigenvalue weighted by Crippen LogP contribution is -1.87. The van der Waals surface area contributed by atoms with E-state index >= 15 is 0 Å². The Morgan fingerprint density at radius 1 is 1.67 bits per heavy atom. The minimum atomic E-state index is -0.421. The van der Waals surface area contributed by atoms with E-state index in [-0.39, 0.29) is 11.5 Å². The van der Waals surface area contributed by atoms with E-state index in [2.05, 4.69) is 4.98 Å². The number of carbonyl (C=O) groups is 1. The molecule has 1 aromatic heterocycles. The highest BCUT2D eigenvalue weighted by Crippen LogP contribution is 2.03. The molecule has 0 bridgehead atoms. The van der Waals surface area contributed by atoms with Crippen molar-refractivity contribution >= 4 is 11.9 Å². The number of halogens is 1. The van der Waals surface area contributed by atoms with Gasteiger partial charge in [-0.2, -0.15) is 0 Å². The molecule has 1 rings (SSSR count). The third kappa shape index (κ3) is 2.27. The molecule has 12 heavy (non-hydrogen) atoms. The number of allylic oxidation sites excluding steroid dienone is 1. The van der Waals surface area contributed by atoms with Crippen LogP contribution >= 0.6 is 0 Å². The number of aromatic nitrogens is 1. The summed E-state index contributed by atoms with van der Waals surface area (Å²) >= 11 is 0. The number of hydrogen-bond acceptors (Lipinski definition) is 2. The molecule has 0 spiro atoms. The van der Waals surface area contributed by atoms with E-state index in [4.69, 9.17) is 0 Å². The topological polar surface area (TPSA) is 30.0 Å². The van der Waals surface area contributed by atoms with Crippen LogP contribution in [-0.4, -0.2) is 10.8 Å². The summed E-state index contributed by atoms with van der Waals surface area (Å²) in [5.74, 6) is -0.546. The van der Waals surface area contributed by atoms with Crippen molar-refractivity contribution in [2.24, 2.45) is 0 Å². The van der Waals surface area contributed by atoms with Crippen LogP contribution in [0.1, 0.15) is 12.6 Å². The van der Waals surface area contributed by atoms with Crippen LogP contribution in [-0.2, 0) is 4.79 Å². The van der Waals surface area contributed by atoms with Gasteiger partial charge in [0, 0.05) is 6.20 Å². The van der Waals surface area contributed by atoms with Gasteiger partial charge < -0.3 is 0 Å². The number of pyridine rings is 1. The first kappa shape index (κ1) is 8.59. The maximum absolute atomic E-state index is 12.8. The third-order valence-electron chi connectivity index (χ3n) is 1.26. The molecule has 3 heteroatoms. The Morgan fingerprint density at radius 3 is 3.00 bits per heavy atom. The molecule has 0 amide bonds. The molecular weight excluding hydrogens is 157 g/mol. The van der Waals surface area contributed by atoms with Crippen LogP contribution in [0, 0.1) is 5.82 Å². The van der Waals surface area contributed by atoms with Crippen LogP contribution in [0.4, 0.5) is 4.39 Å². The van der Waals surface area contributed by atoms with Crippen molar-refractivity contribution < 1.29 is 9.18 Å². The van der Waals surface area contributed by atoms with Crippen LogP contribution < -0.4 is 0 Å². The van der Waals surface area contributed by atoms with Gasteiger partial charge in [-0.1, -0.05) is 0 Å². The molecule has 1 aromatic rings. The minimum absolute atomic E-state index is 0.125. The molecule has 0 saturated heterocycles. The van der Waals surface area contributed by atoms with Crippen LogP contribution in [0.25, 0.3) is 6.08 Å². The second kappa shape index (κ2) is 3.76. The van der Waals surface area contributed by atoms with Gasteiger partial charge in [0.05, 0.1) is 5.69 Å². The second-order valence-corrected chi connectivity index (χ2v) is 2.31. The van der Waals surface area contributed by atoms with Crippen molar-refractivity contribution in [2.75, 3.05) is 0 Å². The van der Waals surface area contributed by atoms with Gasteiger partial charge in [0.2, 0.25) is 0 Å². The number of rotatable bonds is 2. The summed E-state index contributed by atoms with van der Waals surface area (Å²) in [7, 11) is 0. The highest BCUT2D eigenvalue weighted by molar-refractivity contribution is 5.91. The minimum Gasteiger partial charge on any atom is -0.295 e. The summed E-state index contributed by atoms with van der Waals surface area (Å²) in [6.45, 7) is 1.40. The summed E-state index contributed by atoms with van der Waals surface area (Å²) in [5.41, 5.74) is 0.188. The number of hydrogen-bond donors (Lipinski definition) is 0. The standard InChI is InChI=1S/C9H8FNO/c1-7(12)4-5-9-8(10)3-2-6-11-9/h2-6H,1H3/b5-4+. The lowest BCUT2D eigenvalue weighted by atomic mass is 10.3. The first-order valence-corrected chi connectivity index (χ1v) is 3.49.